The van der Waals surface area contributed by atoms with Gasteiger partial charge in [0.25, 0.3) is 0 Å². The predicted octanol–water partition coefficient (Wildman–Crippen LogP) is 1.85. The second-order valence-corrected chi connectivity index (χ2v) is 4.73. The first-order valence-corrected chi connectivity index (χ1v) is 6.26. The second kappa shape index (κ2) is 6.06. The molecule has 0 atom stereocenters. The zero-order valence-corrected chi connectivity index (χ0v) is 10.2. The van der Waals surface area contributed by atoms with Crippen LogP contribution in [0.3, 0.4) is 0 Å². The van der Waals surface area contributed by atoms with Gasteiger partial charge in [-0.15, -0.1) is 0 Å². The molecule has 0 saturated carbocycles. The number of furan rings is 1. The molecule has 0 aliphatic carbocycles. The molecule has 0 spiro atoms. The highest BCUT2D eigenvalue weighted by atomic mass is 16.3. The van der Waals surface area contributed by atoms with Gasteiger partial charge >= 0.3 is 0 Å². The van der Waals surface area contributed by atoms with Crippen molar-refractivity contribution < 1.29 is 4.42 Å². The number of hydrogen-bond acceptors (Lipinski definition) is 3. The van der Waals surface area contributed by atoms with Crippen molar-refractivity contribution in [2.75, 3.05) is 39.8 Å². The largest absolute Gasteiger partial charge is 0.472 e. The van der Waals surface area contributed by atoms with Gasteiger partial charge in [0.05, 0.1) is 12.5 Å². The molecule has 16 heavy (non-hydrogen) atoms. The maximum Gasteiger partial charge on any atom is 0.0934 e. The van der Waals surface area contributed by atoms with Crippen LogP contribution < -0.4 is 0 Å². The van der Waals surface area contributed by atoms with Crippen LogP contribution in [0, 0.1) is 0 Å². The molecule has 2 rings (SSSR count). The molecule has 1 saturated heterocycles. The molecule has 0 radical (unpaired) electrons. The highest BCUT2D eigenvalue weighted by molar-refractivity contribution is 5.04. The third-order valence-electron chi connectivity index (χ3n) is 3.37. The summed E-state index contributed by atoms with van der Waals surface area (Å²) in [5, 5.41) is 0. The average Bonchev–Trinajstić information content (AvgIpc) is 2.80. The Bertz CT molecular complexity index is 276. The van der Waals surface area contributed by atoms with E-state index in [9.17, 15) is 0 Å². The molecule has 3 nitrogen and oxygen atoms in total. The van der Waals surface area contributed by atoms with E-state index in [1.807, 2.05) is 6.26 Å². The highest BCUT2D eigenvalue weighted by Crippen LogP contribution is 2.07. The minimum Gasteiger partial charge on any atom is -0.472 e. The smallest absolute Gasteiger partial charge is 0.0934 e. The van der Waals surface area contributed by atoms with Gasteiger partial charge in [-0.2, -0.15) is 0 Å². The van der Waals surface area contributed by atoms with E-state index in [4.69, 9.17) is 4.42 Å². The monoisotopic (exact) mass is 222 g/mol. The molecular formula is C13H22N2O. The number of unbranched alkanes of at least 4 members (excludes halogenated alkanes) is 1. The van der Waals surface area contributed by atoms with Gasteiger partial charge in [-0.1, -0.05) is 0 Å². The molecule has 1 fully saturated rings. The van der Waals surface area contributed by atoms with E-state index in [1.165, 1.54) is 51.1 Å². The summed E-state index contributed by atoms with van der Waals surface area (Å²) in [6, 6.07) is 2.07. The average molecular weight is 222 g/mol. The molecule has 1 aromatic rings. The number of hydrogen-bond donors (Lipinski definition) is 0. The minimum atomic E-state index is 1.16. The van der Waals surface area contributed by atoms with Gasteiger partial charge in [0.2, 0.25) is 0 Å². The quantitative estimate of drug-likeness (QED) is 0.709. The molecule has 90 valence electrons. The van der Waals surface area contributed by atoms with Crippen LogP contribution in [0.5, 0.6) is 0 Å². The first kappa shape index (κ1) is 11.7. The summed E-state index contributed by atoms with van der Waals surface area (Å²) in [5.41, 5.74) is 1.33. The van der Waals surface area contributed by atoms with Gasteiger partial charge in [-0.25, -0.2) is 0 Å². The molecule has 2 heterocycles. The Balaban J connectivity index is 1.55. The van der Waals surface area contributed by atoms with Crippen molar-refractivity contribution in [3.63, 3.8) is 0 Å². The lowest BCUT2D eigenvalue weighted by molar-refractivity contribution is 0.152. The fraction of sp³-hybridized carbons (Fsp3) is 0.692. The number of likely N-dealkylation sites (N-methyl/N-ethyl adjacent to an activating group) is 1. The van der Waals surface area contributed by atoms with Crippen molar-refractivity contribution in [2.45, 2.75) is 19.3 Å². The first-order chi connectivity index (χ1) is 7.84. The summed E-state index contributed by atoms with van der Waals surface area (Å²) in [7, 11) is 2.20. The fourth-order valence-corrected chi connectivity index (χ4v) is 2.17. The zero-order valence-electron chi connectivity index (χ0n) is 10.2. The normalized spacial score (nSPS) is 19.1. The van der Waals surface area contributed by atoms with Crippen LogP contribution in [0.1, 0.15) is 18.4 Å². The molecule has 1 aromatic heterocycles. The Kier molecular flexibility index (Phi) is 4.43. The third-order valence-corrected chi connectivity index (χ3v) is 3.37. The van der Waals surface area contributed by atoms with Crippen molar-refractivity contribution in [3.05, 3.63) is 24.2 Å². The van der Waals surface area contributed by atoms with Crippen molar-refractivity contribution in [1.82, 2.24) is 9.80 Å². The summed E-state index contributed by atoms with van der Waals surface area (Å²) < 4.78 is 5.06. The number of rotatable bonds is 5. The predicted molar refractivity (Wildman–Crippen MR) is 65.6 cm³/mol. The summed E-state index contributed by atoms with van der Waals surface area (Å²) in [5.74, 6) is 0. The Hall–Kier alpha value is -0.800. The van der Waals surface area contributed by atoms with Crippen LogP contribution in [-0.4, -0.2) is 49.6 Å². The van der Waals surface area contributed by atoms with Gasteiger partial charge in [0.15, 0.2) is 0 Å². The lowest BCUT2D eigenvalue weighted by Crippen LogP contribution is -2.44. The molecule has 1 aliphatic rings. The molecule has 1 aliphatic heterocycles. The molecule has 0 N–H and O–H groups in total. The van der Waals surface area contributed by atoms with Gasteiger partial charge < -0.3 is 14.2 Å². The van der Waals surface area contributed by atoms with E-state index < -0.39 is 0 Å². The topological polar surface area (TPSA) is 19.6 Å². The summed E-state index contributed by atoms with van der Waals surface area (Å²) in [6.45, 7) is 6.18. The van der Waals surface area contributed by atoms with E-state index in [-0.39, 0.29) is 0 Å². The number of aryl methyl sites for hydroxylation is 1. The molecule has 0 unspecified atom stereocenters. The zero-order chi connectivity index (χ0) is 11.2. The standard InChI is InChI=1S/C13H22N2O/c1-14-7-9-15(10-8-14)6-3-2-4-13-5-11-16-12-13/h5,11-12H,2-4,6-10H2,1H3. The van der Waals surface area contributed by atoms with E-state index in [0.29, 0.717) is 0 Å². The minimum absolute atomic E-state index is 1.16. The lowest BCUT2D eigenvalue weighted by Gasteiger charge is -2.32. The molecule has 0 bridgehead atoms. The Morgan fingerprint density at radius 3 is 2.69 bits per heavy atom. The maximum atomic E-state index is 5.06. The maximum absolute atomic E-state index is 5.06. The Morgan fingerprint density at radius 1 is 1.19 bits per heavy atom. The van der Waals surface area contributed by atoms with Crippen molar-refractivity contribution in [2.24, 2.45) is 0 Å². The van der Waals surface area contributed by atoms with Crippen LogP contribution in [0.2, 0.25) is 0 Å². The van der Waals surface area contributed by atoms with Gasteiger partial charge in [-0.3, -0.25) is 0 Å². The fourth-order valence-electron chi connectivity index (χ4n) is 2.17. The highest BCUT2D eigenvalue weighted by Gasteiger charge is 2.12. The van der Waals surface area contributed by atoms with E-state index in [2.05, 4.69) is 22.9 Å². The van der Waals surface area contributed by atoms with E-state index in [0.717, 1.165) is 6.42 Å². The van der Waals surface area contributed by atoms with Crippen LogP contribution in [0.25, 0.3) is 0 Å². The third kappa shape index (κ3) is 3.65. The molecule has 3 heteroatoms. The van der Waals surface area contributed by atoms with Gasteiger partial charge in [0, 0.05) is 26.2 Å². The summed E-state index contributed by atoms with van der Waals surface area (Å²) in [4.78, 5) is 4.98. The number of nitrogens with zero attached hydrogens (tertiary/aromatic N) is 2. The summed E-state index contributed by atoms with van der Waals surface area (Å²) in [6.07, 6.45) is 7.34. The van der Waals surface area contributed by atoms with Crippen molar-refractivity contribution >= 4 is 0 Å². The van der Waals surface area contributed by atoms with Gasteiger partial charge in [0.1, 0.15) is 0 Å². The van der Waals surface area contributed by atoms with Crippen LogP contribution >= 0.6 is 0 Å². The van der Waals surface area contributed by atoms with Crippen LogP contribution in [0.4, 0.5) is 0 Å². The number of piperazine rings is 1. The first-order valence-electron chi connectivity index (χ1n) is 6.26. The Morgan fingerprint density at radius 2 is 2.00 bits per heavy atom. The second-order valence-electron chi connectivity index (χ2n) is 4.73. The van der Waals surface area contributed by atoms with E-state index >= 15 is 0 Å². The van der Waals surface area contributed by atoms with Crippen molar-refractivity contribution in [3.8, 4) is 0 Å². The van der Waals surface area contributed by atoms with E-state index in [1.54, 1.807) is 6.26 Å². The van der Waals surface area contributed by atoms with Gasteiger partial charge in [-0.05, 0) is 44.5 Å². The SMILES string of the molecule is CN1CCN(CCCCc2ccoc2)CC1. The molecular weight excluding hydrogens is 200 g/mol. The molecule has 0 amide bonds. The van der Waals surface area contributed by atoms with Crippen LogP contribution in [-0.2, 0) is 6.42 Å². The van der Waals surface area contributed by atoms with Crippen LogP contribution in [0.15, 0.2) is 23.0 Å². The summed E-state index contributed by atoms with van der Waals surface area (Å²) >= 11 is 0. The van der Waals surface area contributed by atoms with Crippen molar-refractivity contribution in [1.29, 1.82) is 0 Å². The lowest BCUT2D eigenvalue weighted by atomic mass is 10.1. The Labute approximate surface area is 98.0 Å². The molecule has 0 aromatic carbocycles.